The Morgan fingerprint density at radius 2 is 1.74 bits per heavy atom. The Morgan fingerprint density at radius 1 is 1.04 bits per heavy atom. The third kappa shape index (κ3) is 4.12. The second-order valence-corrected chi connectivity index (χ2v) is 6.66. The quantitative estimate of drug-likeness (QED) is 0.889. The molecule has 0 aromatic heterocycles. The number of benzene rings is 2. The fourth-order valence-electron chi connectivity index (χ4n) is 2.85. The molecule has 4 nitrogen and oxygen atoms in total. The lowest BCUT2D eigenvalue weighted by molar-refractivity contribution is 0.0697. The summed E-state index contributed by atoms with van der Waals surface area (Å²) < 4.78 is 1.11. The normalized spacial score (nSPS) is 15.6. The first-order valence-corrected chi connectivity index (χ1v) is 8.46. The number of carboxylic acids is 1. The molecule has 0 spiro atoms. The summed E-state index contributed by atoms with van der Waals surface area (Å²) in [7, 11) is 0. The molecule has 1 heterocycles. The largest absolute Gasteiger partial charge is 0.478 e. The van der Waals surface area contributed by atoms with Crippen molar-refractivity contribution in [2.45, 2.75) is 6.54 Å². The molecule has 1 N–H and O–H groups in total. The summed E-state index contributed by atoms with van der Waals surface area (Å²) in [6, 6.07) is 15.6. The summed E-state index contributed by atoms with van der Waals surface area (Å²) in [5.41, 5.74) is 2.75. The van der Waals surface area contributed by atoms with Crippen LogP contribution in [0.1, 0.15) is 15.9 Å². The predicted octanol–water partition coefficient (Wildman–Crippen LogP) is 3.47. The van der Waals surface area contributed by atoms with Crippen molar-refractivity contribution in [1.29, 1.82) is 0 Å². The summed E-state index contributed by atoms with van der Waals surface area (Å²) in [6.07, 6.45) is 0. The van der Waals surface area contributed by atoms with Gasteiger partial charge in [-0.25, -0.2) is 4.79 Å². The van der Waals surface area contributed by atoms with Crippen molar-refractivity contribution in [3.05, 3.63) is 64.1 Å². The van der Waals surface area contributed by atoms with E-state index in [1.165, 1.54) is 5.69 Å². The average molecular weight is 375 g/mol. The number of halogens is 1. The molecule has 1 fully saturated rings. The van der Waals surface area contributed by atoms with Gasteiger partial charge in [0.1, 0.15) is 0 Å². The lowest BCUT2D eigenvalue weighted by atomic mass is 10.1. The Labute approximate surface area is 144 Å². The van der Waals surface area contributed by atoms with Crippen LogP contribution in [0.25, 0.3) is 0 Å². The first-order chi connectivity index (χ1) is 11.1. The van der Waals surface area contributed by atoms with Crippen molar-refractivity contribution >= 4 is 27.6 Å². The van der Waals surface area contributed by atoms with Crippen LogP contribution in [-0.4, -0.2) is 42.2 Å². The molecule has 0 amide bonds. The highest BCUT2D eigenvalue weighted by molar-refractivity contribution is 9.10. The summed E-state index contributed by atoms with van der Waals surface area (Å²) in [6.45, 7) is 4.89. The van der Waals surface area contributed by atoms with Crippen LogP contribution in [0.3, 0.4) is 0 Å². The number of anilines is 1. The molecule has 2 aromatic carbocycles. The Kier molecular flexibility index (Phi) is 4.98. The van der Waals surface area contributed by atoms with Crippen molar-refractivity contribution in [2.75, 3.05) is 31.1 Å². The van der Waals surface area contributed by atoms with Gasteiger partial charge in [-0.05, 0) is 35.9 Å². The summed E-state index contributed by atoms with van der Waals surface area (Å²) >= 11 is 3.52. The minimum Gasteiger partial charge on any atom is -0.478 e. The van der Waals surface area contributed by atoms with E-state index in [2.05, 4.69) is 43.9 Å². The second-order valence-electron chi connectivity index (χ2n) is 5.75. The minimum atomic E-state index is -0.876. The number of hydrogen-bond acceptors (Lipinski definition) is 3. The fourth-order valence-corrected chi connectivity index (χ4v) is 3.24. The van der Waals surface area contributed by atoms with Crippen LogP contribution in [0, 0.1) is 0 Å². The maximum atomic E-state index is 10.9. The van der Waals surface area contributed by atoms with E-state index in [1.807, 2.05) is 18.2 Å². The Morgan fingerprint density at radius 3 is 2.35 bits per heavy atom. The monoisotopic (exact) mass is 374 g/mol. The predicted molar refractivity (Wildman–Crippen MR) is 95.0 cm³/mol. The van der Waals surface area contributed by atoms with Crippen LogP contribution in [0.15, 0.2) is 53.0 Å². The Hall–Kier alpha value is -1.85. The molecular weight excluding hydrogens is 356 g/mol. The molecule has 1 aliphatic heterocycles. The first-order valence-electron chi connectivity index (χ1n) is 7.67. The van der Waals surface area contributed by atoms with E-state index in [-0.39, 0.29) is 0 Å². The number of carbonyl (C=O) groups is 1. The van der Waals surface area contributed by atoms with Gasteiger partial charge in [0.2, 0.25) is 0 Å². The van der Waals surface area contributed by atoms with Crippen molar-refractivity contribution in [2.24, 2.45) is 0 Å². The van der Waals surface area contributed by atoms with E-state index in [9.17, 15) is 4.79 Å². The van der Waals surface area contributed by atoms with E-state index < -0.39 is 5.97 Å². The van der Waals surface area contributed by atoms with Gasteiger partial charge in [-0.3, -0.25) is 4.90 Å². The fraction of sp³-hybridized carbons (Fsp3) is 0.278. The minimum absolute atomic E-state index is 0.341. The molecule has 5 heteroatoms. The van der Waals surface area contributed by atoms with Crippen LogP contribution in [0.4, 0.5) is 5.69 Å². The average Bonchev–Trinajstić information content (AvgIpc) is 2.56. The summed E-state index contributed by atoms with van der Waals surface area (Å²) in [4.78, 5) is 15.7. The SMILES string of the molecule is O=C(O)c1ccc(CN2CCN(c3cccc(Br)c3)CC2)cc1. The molecule has 0 aliphatic carbocycles. The topological polar surface area (TPSA) is 43.8 Å². The molecule has 1 aliphatic rings. The summed E-state index contributed by atoms with van der Waals surface area (Å²) in [5.74, 6) is -0.876. The van der Waals surface area contributed by atoms with E-state index in [0.29, 0.717) is 5.56 Å². The zero-order valence-electron chi connectivity index (χ0n) is 12.8. The number of rotatable bonds is 4. The first kappa shape index (κ1) is 16.0. The molecule has 1 saturated heterocycles. The Balaban J connectivity index is 1.55. The van der Waals surface area contributed by atoms with Crippen molar-refractivity contribution in [3.8, 4) is 0 Å². The van der Waals surface area contributed by atoms with Crippen LogP contribution in [0.2, 0.25) is 0 Å². The van der Waals surface area contributed by atoms with Crippen LogP contribution < -0.4 is 4.90 Å². The molecule has 0 saturated carbocycles. The molecular formula is C18H19BrN2O2. The third-order valence-corrected chi connectivity index (χ3v) is 4.65. The zero-order valence-corrected chi connectivity index (χ0v) is 14.4. The lowest BCUT2D eigenvalue weighted by Crippen LogP contribution is -2.45. The van der Waals surface area contributed by atoms with Gasteiger partial charge in [-0.15, -0.1) is 0 Å². The molecule has 0 atom stereocenters. The van der Waals surface area contributed by atoms with E-state index >= 15 is 0 Å². The van der Waals surface area contributed by atoms with Crippen LogP contribution in [-0.2, 0) is 6.54 Å². The maximum absolute atomic E-state index is 10.9. The molecule has 2 aromatic rings. The van der Waals surface area contributed by atoms with Crippen molar-refractivity contribution in [1.82, 2.24) is 4.90 Å². The molecule has 120 valence electrons. The van der Waals surface area contributed by atoms with Gasteiger partial charge in [0, 0.05) is 42.9 Å². The standard InChI is InChI=1S/C18H19BrN2O2/c19-16-2-1-3-17(12-16)21-10-8-20(9-11-21)13-14-4-6-15(7-5-14)18(22)23/h1-7,12H,8-11,13H2,(H,22,23). The van der Waals surface area contributed by atoms with Gasteiger partial charge < -0.3 is 10.0 Å². The highest BCUT2D eigenvalue weighted by atomic mass is 79.9. The maximum Gasteiger partial charge on any atom is 0.335 e. The number of carboxylic acid groups (broad SMARTS) is 1. The Bertz CT molecular complexity index is 680. The molecule has 23 heavy (non-hydrogen) atoms. The summed E-state index contributed by atoms with van der Waals surface area (Å²) in [5, 5.41) is 8.93. The van der Waals surface area contributed by atoms with E-state index in [4.69, 9.17) is 5.11 Å². The van der Waals surface area contributed by atoms with Crippen molar-refractivity contribution in [3.63, 3.8) is 0 Å². The third-order valence-electron chi connectivity index (χ3n) is 4.15. The molecule has 3 rings (SSSR count). The van der Waals surface area contributed by atoms with Gasteiger partial charge in [0.25, 0.3) is 0 Å². The van der Waals surface area contributed by atoms with E-state index in [0.717, 1.165) is 42.8 Å². The number of hydrogen-bond donors (Lipinski definition) is 1. The van der Waals surface area contributed by atoms with Gasteiger partial charge in [-0.2, -0.15) is 0 Å². The molecule has 0 unspecified atom stereocenters. The van der Waals surface area contributed by atoms with Gasteiger partial charge >= 0.3 is 5.97 Å². The van der Waals surface area contributed by atoms with Gasteiger partial charge in [0.15, 0.2) is 0 Å². The van der Waals surface area contributed by atoms with Crippen LogP contribution in [0.5, 0.6) is 0 Å². The van der Waals surface area contributed by atoms with Crippen LogP contribution >= 0.6 is 15.9 Å². The van der Waals surface area contributed by atoms with Crippen molar-refractivity contribution < 1.29 is 9.90 Å². The lowest BCUT2D eigenvalue weighted by Gasteiger charge is -2.36. The zero-order chi connectivity index (χ0) is 16.2. The smallest absolute Gasteiger partial charge is 0.335 e. The number of aromatic carboxylic acids is 1. The molecule has 0 radical (unpaired) electrons. The highest BCUT2D eigenvalue weighted by Gasteiger charge is 2.17. The number of nitrogens with zero attached hydrogens (tertiary/aromatic N) is 2. The van der Waals surface area contributed by atoms with Gasteiger partial charge in [0.05, 0.1) is 5.56 Å². The number of piperazine rings is 1. The second kappa shape index (κ2) is 7.15. The van der Waals surface area contributed by atoms with Gasteiger partial charge in [-0.1, -0.05) is 34.1 Å². The highest BCUT2D eigenvalue weighted by Crippen LogP contribution is 2.21. The molecule has 0 bridgehead atoms. The van der Waals surface area contributed by atoms with E-state index in [1.54, 1.807) is 12.1 Å².